The molecule has 0 aliphatic heterocycles. The molecule has 5 heteroatoms. The fourth-order valence-corrected chi connectivity index (χ4v) is 1.93. The molecule has 2 rings (SSSR count). The summed E-state index contributed by atoms with van der Waals surface area (Å²) in [4.78, 5) is 4.07. The molecule has 88 valence electrons. The second kappa shape index (κ2) is 5.47. The maximum Gasteiger partial charge on any atom is 0.130 e. The van der Waals surface area contributed by atoms with E-state index in [4.69, 9.17) is 16.3 Å². The van der Waals surface area contributed by atoms with Crippen LogP contribution in [-0.2, 0) is 6.61 Å². The van der Waals surface area contributed by atoms with Gasteiger partial charge in [-0.25, -0.2) is 9.37 Å². The molecular formula is C12H8BrClFNO. The molecule has 2 aromatic rings. The summed E-state index contributed by atoms with van der Waals surface area (Å²) < 4.78 is 19.1. The number of hydrogen-bond donors (Lipinski definition) is 0. The monoisotopic (exact) mass is 315 g/mol. The van der Waals surface area contributed by atoms with Crippen molar-refractivity contribution >= 4 is 27.5 Å². The van der Waals surface area contributed by atoms with Gasteiger partial charge in [0.05, 0.1) is 5.69 Å². The zero-order chi connectivity index (χ0) is 12.3. The molecule has 1 heterocycles. The van der Waals surface area contributed by atoms with E-state index >= 15 is 0 Å². The molecule has 0 amide bonds. The van der Waals surface area contributed by atoms with Crippen LogP contribution in [0, 0.1) is 5.82 Å². The van der Waals surface area contributed by atoms with Crippen molar-refractivity contribution in [1.82, 2.24) is 4.98 Å². The van der Waals surface area contributed by atoms with Gasteiger partial charge in [-0.1, -0.05) is 33.6 Å². The third-order valence-electron chi connectivity index (χ3n) is 2.00. The summed E-state index contributed by atoms with van der Waals surface area (Å²) in [5.74, 6) is 0.0899. The Hall–Kier alpha value is -1.13. The first-order valence-corrected chi connectivity index (χ1v) is 6.01. The van der Waals surface area contributed by atoms with Crippen molar-refractivity contribution in [2.45, 2.75) is 6.61 Å². The molecule has 0 N–H and O–H groups in total. The van der Waals surface area contributed by atoms with Crippen molar-refractivity contribution in [3.8, 4) is 5.75 Å². The topological polar surface area (TPSA) is 22.1 Å². The Kier molecular flexibility index (Phi) is 3.97. The largest absolute Gasteiger partial charge is 0.487 e. The van der Waals surface area contributed by atoms with Gasteiger partial charge < -0.3 is 4.74 Å². The van der Waals surface area contributed by atoms with E-state index in [2.05, 4.69) is 20.9 Å². The minimum absolute atomic E-state index is 0.246. The van der Waals surface area contributed by atoms with Gasteiger partial charge in [0.2, 0.25) is 0 Å². The molecular weight excluding hydrogens is 308 g/mol. The lowest BCUT2D eigenvalue weighted by molar-refractivity contribution is 0.299. The number of ether oxygens (including phenoxy) is 1. The standard InChI is InChI=1S/C12H8BrClFNO/c13-8-4-9(15)6-11(5-8)17-7-10-2-1-3-12(14)16-10/h1-6H,7H2. The van der Waals surface area contributed by atoms with E-state index < -0.39 is 0 Å². The molecule has 0 aliphatic rings. The van der Waals surface area contributed by atoms with Gasteiger partial charge in [-0.3, -0.25) is 0 Å². The molecule has 0 atom stereocenters. The van der Waals surface area contributed by atoms with Gasteiger partial charge in [-0.15, -0.1) is 0 Å². The smallest absolute Gasteiger partial charge is 0.130 e. The Morgan fingerprint density at radius 2 is 2.12 bits per heavy atom. The number of nitrogens with zero attached hydrogens (tertiary/aromatic N) is 1. The molecule has 0 radical (unpaired) electrons. The highest BCUT2D eigenvalue weighted by atomic mass is 79.9. The first kappa shape index (κ1) is 12.3. The quantitative estimate of drug-likeness (QED) is 0.791. The molecule has 0 unspecified atom stereocenters. The van der Waals surface area contributed by atoms with E-state index in [0.717, 1.165) is 0 Å². The third-order valence-corrected chi connectivity index (χ3v) is 2.66. The highest BCUT2D eigenvalue weighted by molar-refractivity contribution is 9.10. The first-order valence-electron chi connectivity index (χ1n) is 4.84. The van der Waals surface area contributed by atoms with Crippen molar-refractivity contribution in [1.29, 1.82) is 0 Å². The zero-order valence-electron chi connectivity index (χ0n) is 8.66. The molecule has 0 saturated carbocycles. The summed E-state index contributed by atoms with van der Waals surface area (Å²) in [6.07, 6.45) is 0. The van der Waals surface area contributed by atoms with E-state index in [0.29, 0.717) is 21.1 Å². The summed E-state index contributed by atoms with van der Waals surface area (Å²) in [6.45, 7) is 0.246. The van der Waals surface area contributed by atoms with E-state index in [1.807, 2.05) is 0 Å². The third kappa shape index (κ3) is 3.68. The van der Waals surface area contributed by atoms with Crippen LogP contribution in [0.2, 0.25) is 5.15 Å². The first-order chi connectivity index (χ1) is 8.13. The van der Waals surface area contributed by atoms with Crippen LogP contribution in [0.4, 0.5) is 4.39 Å². The van der Waals surface area contributed by atoms with Gasteiger partial charge in [0.15, 0.2) is 0 Å². The summed E-state index contributed by atoms with van der Waals surface area (Å²) in [6, 6.07) is 9.63. The lowest BCUT2D eigenvalue weighted by Gasteiger charge is -2.06. The van der Waals surface area contributed by atoms with Crippen LogP contribution in [0.3, 0.4) is 0 Å². The van der Waals surface area contributed by atoms with E-state index in [-0.39, 0.29) is 12.4 Å². The Bertz CT molecular complexity index is 515. The Morgan fingerprint density at radius 3 is 2.82 bits per heavy atom. The molecule has 0 fully saturated rings. The molecule has 2 nitrogen and oxygen atoms in total. The van der Waals surface area contributed by atoms with E-state index in [1.54, 1.807) is 24.3 Å². The number of hydrogen-bond acceptors (Lipinski definition) is 2. The van der Waals surface area contributed by atoms with Gasteiger partial charge in [-0.2, -0.15) is 0 Å². The van der Waals surface area contributed by atoms with Crippen molar-refractivity contribution in [3.63, 3.8) is 0 Å². The predicted molar refractivity (Wildman–Crippen MR) is 67.7 cm³/mol. The van der Waals surface area contributed by atoms with Crippen LogP contribution in [0.15, 0.2) is 40.9 Å². The minimum Gasteiger partial charge on any atom is -0.487 e. The van der Waals surface area contributed by atoms with Gasteiger partial charge in [0.25, 0.3) is 0 Å². The van der Waals surface area contributed by atoms with Crippen LogP contribution in [0.5, 0.6) is 5.75 Å². The maximum atomic E-state index is 13.1. The summed E-state index contributed by atoms with van der Waals surface area (Å²) in [5.41, 5.74) is 0.692. The lowest BCUT2D eigenvalue weighted by atomic mass is 10.3. The maximum absolute atomic E-state index is 13.1. The van der Waals surface area contributed by atoms with Crippen LogP contribution < -0.4 is 4.74 Å². The minimum atomic E-state index is -0.353. The number of halogens is 3. The van der Waals surface area contributed by atoms with Crippen molar-refractivity contribution in [2.75, 3.05) is 0 Å². The van der Waals surface area contributed by atoms with Crippen LogP contribution >= 0.6 is 27.5 Å². The Labute approximate surface area is 112 Å². The highest BCUT2D eigenvalue weighted by Crippen LogP contribution is 2.21. The lowest BCUT2D eigenvalue weighted by Crippen LogP contribution is -1.98. The number of pyridine rings is 1. The van der Waals surface area contributed by atoms with Crippen LogP contribution in [0.25, 0.3) is 0 Å². The van der Waals surface area contributed by atoms with Crippen molar-refractivity contribution in [2.24, 2.45) is 0 Å². The average molecular weight is 317 g/mol. The van der Waals surface area contributed by atoms with Gasteiger partial charge in [0, 0.05) is 10.5 Å². The van der Waals surface area contributed by atoms with Gasteiger partial charge >= 0.3 is 0 Å². The fraction of sp³-hybridized carbons (Fsp3) is 0.0833. The van der Waals surface area contributed by atoms with E-state index in [1.165, 1.54) is 12.1 Å². The molecule has 1 aromatic heterocycles. The normalized spacial score (nSPS) is 10.3. The van der Waals surface area contributed by atoms with E-state index in [9.17, 15) is 4.39 Å². The second-order valence-electron chi connectivity index (χ2n) is 3.35. The Balaban J connectivity index is 2.07. The Morgan fingerprint density at radius 1 is 1.29 bits per heavy atom. The number of benzene rings is 1. The molecule has 0 bridgehead atoms. The summed E-state index contributed by atoms with van der Waals surface area (Å²) in [5, 5.41) is 0.409. The molecule has 17 heavy (non-hydrogen) atoms. The van der Waals surface area contributed by atoms with Crippen molar-refractivity contribution in [3.05, 3.63) is 57.5 Å². The molecule has 0 saturated heterocycles. The SMILES string of the molecule is Fc1cc(Br)cc(OCc2cccc(Cl)n2)c1. The molecule has 0 aliphatic carbocycles. The van der Waals surface area contributed by atoms with Crippen LogP contribution in [-0.4, -0.2) is 4.98 Å². The number of rotatable bonds is 3. The van der Waals surface area contributed by atoms with Gasteiger partial charge in [0.1, 0.15) is 23.3 Å². The number of aromatic nitrogens is 1. The summed E-state index contributed by atoms with van der Waals surface area (Å²) >= 11 is 8.94. The predicted octanol–water partition coefficient (Wildman–Crippen LogP) is 4.22. The molecule has 1 aromatic carbocycles. The van der Waals surface area contributed by atoms with Gasteiger partial charge in [-0.05, 0) is 24.3 Å². The molecule has 0 spiro atoms. The average Bonchev–Trinajstić information content (AvgIpc) is 2.25. The summed E-state index contributed by atoms with van der Waals surface area (Å²) in [7, 11) is 0. The van der Waals surface area contributed by atoms with Crippen LogP contribution in [0.1, 0.15) is 5.69 Å². The second-order valence-corrected chi connectivity index (χ2v) is 4.65. The van der Waals surface area contributed by atoms with Crippen molar-refractivity contribution < 1.29 is 9.13 Å². The fourth-order valence-electron chi connectivity index (χ4n) is 1.30. The zero-order valence-corrected chi connectivity index (χ0v) is 11.0. The highest BCUT2D eigenvalue weighted by Gasteiger charge is 2.01.